The fourth-order valence-corrected chi connectivity index (χ4v) is 3.32. The van der Waals surface area contributed by atoms with Crippen LogP contribution in [0.4, 0.5) is 0 Å². The average molecular weight is 349 g/mol. The number of ether oxygens (including phenoxy) is 1. The molecule has 0 N–H and O–H groups in total. The van der Waals surface area contributed by atoms with Crippen LogP contribution in [-0.4, -0.2) is 23.1 Å². The molecule has 0 amide bonds. The van der Waals surface area contributed by atoms with Crippen molar-refractivity contribution in [2.75, 3.05) is 12.1 Å². The molecular weight excluding hydrogens is 329 g/mol. The standard InChI is InChI=1S/C17H20NO3PS/c1-13(10-11-22-20)6-9-17(19)21-12-23-16-8-7-14-4-2-3-5-15(14)18-16/h2-5,7-8,13H,6,9-12H2,1H3. The number of carbonyl (C=O) groups is 1. The summed E-state index contributed by atoms with van der Waals surface area (Å²) < 4.78 is 15.6. The van der Waals surface area contributed by atoms with Crippen LogP contribution < -0.4 is 0 Å². The Bertz CT molecular complexity index is 665. The van der Waals surface area contributed by atoms with Crippen LogP contribution in [0.1, 0.15) is 26.2 Å². The van der Waals surface area contributed by atoms with Crippen LogP contribution in [0.25, 0.3) is 10.9 Å². The Balaban J connectivity index is 1.71. The van der Waals surface area contributed by atoms with Gasteiger partial charge in [0.15, 0.2) is 8.46 Å². The van der Waals surface area contributed by atoms with Gasteiger partial charge in [0.05, 0.1) is 10.5 Å². The van der Waals surface area contributed by atoms with E-state index in [4.69, 9.17) is 4.74 Å². The smallest absolute Gasteiger partial charge is 0.306 e. The molecule has 1 aromatic carbocycles. The molecule has 0 saturated carbocycles. The molecule has 1 atom stereocenters. The fourth-order valence-electron chi connectivity index (χ4n) is 2.14. The van der Waals surface area contributed by atoms with Crippen LogP contribution in [0.3, 0.4) is 0 Å². The lowest BCUT2D eigenvalue weighted by Crippen LogP contribution is -2.07. The highest BCUT2D eigenvalue weighted by Crippen LogP contribution is 2.20. The number of para-hydroxylation sites is 1. The molecule has 23 heavy (non-hydrogen) atoms. The molecule has 0 radical (unpaired) electrons. The van der Waals surface area contributed by atoms with Gasteiger partial charge in [-0.2, -0.15) is 0 Å². The SMILES string of the molecule is CC(CCP=O)CCC(=O)OCSc1ccc2ccccc2n1. The number of carbonyl (C=O) groups excluding carboxylic acids is 1. The Kier molecular flexibility index (Phi) is 7.50. The number of rotatable bonds is 9. The van der Waals surface area contributed by atoms with Crippen LogP contribution in [-0.2, 0) is 14.1 Å². The Morgan fingerprint density at radius 1 is 1.26 bits per heavy atom. The molecule has 0 aliphatic heterocycles. The van der Waals surface area contributed by atoms with Gasteiger partial charge < -0.3 is 4.74 Å². The minimum atomic E-state index is -0.190. The zero-order valence-electron chi connectivity index (χ0n) is 13.1. The van der Waals surface area contributed by atoms with Gasteiger partial charge in [-0.25, -0.2) is 4.98 Å². The Hall–Kier alpha value is -1.45. The highest BCUT2D eigenvalue weighted by molar-refractivity contribution is 7.99. The summed E-state index contributed by atoms with van der Waals surface area (Å²) in [6.45, 7) is 2.06. The van der Waals surface area contributed by atoms with Gasteiger partial charge in [-0.05, 0) is 30.9 Å². The average Bonchev–Trinajstić information content (AvgIpc) is 2.58. The summed E-state index contributed by atoms with van der Waals surface area (Å²) in [6, 6.07) is 11.9. The molecular formula is C17H20NO3PS. The van der Waals surface area contributed by atoms with Crippen molar-refractivity contribution < 1.29 is 14.1 Å². The van der Waals surface area contributed by atoms with Crippen molar-refractivity contribution in [1.82, 2.24) is 4.98 Å². The van der Waals surface area contributed by atoms with Crippen LogP contribution >= 0.6 is 20.2 Å². The quantitative estimate of drug-likeness (QED) is 0.278. The van der Waals surface area contributed by atoms with E-state index >= 15 is 0 Å². The van der Waals surface area contributed by atoms with E-state index in [2.05, 4.69) is 11.9 Å². The molecule has 2 rings (SSSR count). The summed E-state index contributed by atoms with van der Waals surface area (Å²) in [6.07, 6.45) is 2.70. The number of pyridine rings is 1. The lowest BCUT2D eigenvalue weighted by atomic mass is 10.0. The minimum Gasteiger partial charge on any atom is -0.454 e. The van der Waals surface area contributed by atoms with Gasteiger partial charge in [-0.3, -0.25) is 9.36 Å². The molecule has 0 bridgehead atoms. The lowest BCUT2D eigenvalue weighted by molar-refractivity contribution is -0.141. The number of hydrogen-bond donors (Lipinski definition) is 0. The monoisotopic (exact) mass is 349 g/mol. The molecule has 122 valence electrons. The summed E-state index contributed by atoms with van der Waals surface area (Å²) in [4.78, 5) is 16.2. The number of thioether (sulfide) groups is 1. The van der Waals surface area contributed by atoms with E-state index in [9.17, 15) is 9.36 Å². The predicted molar refractivity (Wildman–Crippen MR) is 94.0 cm³/mol. The molecule has 0 aliphatic rings. The molecule has 0 fully saturated rings. The van der Waals surface area contributed by atoms with E-state index in [1.54, 1.807) is 0 Å². The summed E-state index contributed by atoms with van der Waals surface area (Å²) in [7, 11) is 0.175. The summed E-state index contributed by atoms with van der Waals surface area (Å²) >= 11 is 1.42. The van der Waals surface area contributed by atoms with Crippen LogP contribution in [0.15, 0.2) is 41.4 Å². The first kappa shape index (κ1) is 17.9. The van der Waals surface area contributed by atoms with Gasteiger partial charge in [0.2, 0.25) is 0 Å². The van der Waals surface area contributed by atoms with E-state index in [0.717, 1.165) is 28.8 Å². The maximum Gasteiger partial charge on any atom is 0.306 e. The van der Waals surface area contributed by atoms with Crippen molar-refractivity contribution >= 4 is 37.1 Å². The van der Waals surface area contributed by atoms with Gasteiger partial charge >= 0.3 is 5.97 Å². The number of fused-ring (bicyclic) bond motifs is 1. The molecule has 2 aromatic rings. The van der Waals surface area contributed by atoms with Crippen LogP contribution in [0, 0.1) is 5.92 Å². The molecule has 1 unspecified atom stereocenters. The largest absolute Gasteiger partial charge is 0.454 e. The third-order valence-electron chi connectivity index (χ3n) is 3.55. The number of nitrogens with zero attached hydrogens (tertiary/aromatic N) is 1. The molecule has 0 spiro atoms. The maximum atomic E-state index is 11.7. The third kappa shape index (κ3) is 6.28. The molecule has 0 saturated heterocycles. The second kappa shape index (κ2) is 9.64. The van der Waals surface area contributed by atoms with E-state index in [0.29, 0.717) is 18.5 Å². The molecule has 4 nitrogen and oxygen atoms in total. The van der Waals surface area contributed by atoms with Crippen molar-refractivity contribution in [1.29, 1.82) is 0 Å². The number of esters is 1. The Morgan fingerprint density at radius 3 is 2.91 bits per heavy atom. The van der Waals surface area contributed by atoms with Crippen molar-refractivity contribution in [3.8, 4) is 0 Å². The zero-order chi connectivity index (χ0) is 16.5. The highest BCUT2D eigenvalue weighted by Gasteiger charge is 2.08. The summed E-state index contributed by atoms with van der Waals surface area (Å²) in [5.41, 5.74) is 0.940. The van der Waals surface area contributed by atoms with Crippen molar-refractivity contribution in [2.45, 2.75) is 31.2 Å². The lowest BCUT2D eigenvalue weighted by Gasteiger charge is -2.09. The van der Waals surface area contributed by atoms with E-state index in [-0.39, 0.29) is 20.4 Å². The topological polar surface area (TPSA) is 56.3 Å². The minimum absolute atomic E-state index is 0.175. The van der Waals surface area contributed by atoms with Crippen LogP contribution in [0.5, 0.6) is 0 Å². The first-order chi connectivity index (χ1) is 11.2. The fraction of sp³-hybridized carbons (Fsp3) is 0.412. The molecule has 1 heterocycles. The first-order valence-electron chi connectivity index (χ1n) is 7.62. The van der Waals surface area contributed by atoms with Gasteiger partial charge in [0.1, 0.15) is 5.94 Å². The Morgan fingerprint density at radius 2 is 2.09 bits per heavy atom. The normalized spacial score (nSPS) is 12.4. The first-order valence-corrected chi connectivity index (χ1v) is 9.60. The van der Waals surface area contributed by atoms with Gasteiger partial charge in [-0.15, -0.1) is 0 Å². The zero-order valence-corrected chi connectivity index (χ0v) is 14.8. The van der Waals surface area contributed by atoms with E-state index in [1.807, 2.05) is 36.4 Å². The number of benzene rings is 1. The summed E-state index contributed by atoms with van der Waals surface area (Å²) in [5, 5.41) is 1.94. The number of aromatic nitrogens is 1. The predicted octanol–water partition coefficient (Wildman–Crippen LogP) is 4.93. The highest BCUT2D eigenvalue weighted by atomic mass is 32.2. The third-order valence-corrected chi connectivity index (χ3v) is 4.75. The van der Waals surface area contributed by atoms with Gasteiger partial charge in [0.25, 0.3) is 0 Å². The van der Waals surface area contributed by atoms with Crippen molar-refractivity contribution in [3.63, 3.8) is 0 Å². The van der Waals surface area contributed by atoms with Crippen molar-refractivity contribution in [2.24, 2.45) is 5.92 Å². The van der Waals surface area contributed by atoms with Gasteiger partial charge in [-0.1, -0.05) is 43.0 Å². The van der Waals surface area contributed by atoms with E-state index in [1.165, 1.54) is 11.8 Å². The van der Waals surface area contributed by atoms with E-state index < -0.39 is 0 Å². The maximum absolute atomic E-state index is 11.7. The Labute approximate surface area is 142 Å². The second-order valence-electron chi connectivity index (χ2n) is 5.41. The molecule has 1 aromatic heterocycles. The van der Waals surface area contributed by atoms with Crippen LogP contribution in [0.2, 0.25) is 0 Å². The van der Waals surface area contributed by atoms with Crippen molar-refractivity contribution in [3.05, 3.63) is 36.4 Å². The molecule has 0 aliphatic carbocycles. The second-order valence-corrected chi connectivity index (χ2v) is 7.05. The number of hydrogen-bond acceptors (Lipinski definition) is 5. The molecule has 6 heteroatoms. The summed E-state index contributed by atoms with van der Waals surface area (Å²) in [5.74, 6) is 0.473. The van der Waals surface area contributed by atoms with Gasteiger partial charge in [0, 0.05) is 18.0 Å².